The van der Waals surface area contributed by atoms with Crippen LogP contribution in [-0.4, -0.2) is 5.91 Å². The highest BCUT2D eigenvalue weighted by Crippen LogP contribution is 2.29. The van der Waals surface area contributed by atoms with Crippen LogP contribution < -0.4 is 21.9 Å². The molecule has 22 heavy (non-hydrogen) atoms. The zero-order valence-electron chi connectivity index (χ0n) is 11.5. The molecular formula is C17H12N2O3. The minimum Gasteiger partial charge on any atom is -0.395 e. The van der Waals surface area contributed by atoms with Crippen LogP contribution in [0.2, 0.25) is 0 Å². The number of carbonyl (C=O) groups is 1. The maximum Gasteiger partial charge on any atom is 0.255 e. The summed E-state index contributed by atoms with van der Waals surface area (Å²) in [6.45, 7) is 0. The summed E-state index contributed by atoms with van der Waals surface area (Å²) < 4.78 is 0. The van der Waals surface area contributed by atoms with Gasteiger partial charge in [0, 0.05) is 16.8 Å². The largest absolute Gasteiger partial charge is 0.395 e. The zero-order valence-corrected chi connectivity index (χ0v) is 11.5. The summed E-state index contributed by atoms with van der Waals surface area (Å²) in [5.41, 5.74) is 5.77. The lowest BCUT2D eigenvalue weighted by molar-refractivity contribution is 0.102. The molecule has 3 aromatic rings. The smallest absolute Gasteiger partial charge is 0.255 e. The highest BCUT2D eigenvalue weighted by molar-refractivity contribution is 6.06. The minimum atomic E-state index is -0.681. The van der Waals surface area contributed by atoms with Crippen molar-refractivity contribution in [3.05, 3.63) is 80.6 Å². The number of hydrogen-bond donors (Lipinski definition) is 2. The van der Waals surface area contributed by atoms with E-state index in [0.29, 0.717) is 16.8 Å². The van der Waals surface area contributed by atoms with Gasteiger partial charge in [-0.05, 0) is 18.2 Å². The number of rotatable bonds is 3. The van der Waals surface area contributed by atoms with Gasteiger partial charge in [0.1, 0.15) is 0 Å². The summed E-state index contributed by atoms with van der Waals surface area (Å²) in [7, 11) is 0. The fourth-order valence-electron chi connectivity index (χ4n) is 2.27. The summed E-state index contributed by atoms with van der Waals surface area (Å²) >= 11 is 0. The molecule has 1 amide bonds. The average molecular weight is 292 g/mol. The lowest BCUT2D eigenvalue weighted by atomic mass is 9.97. The van der Waals surface area contributed by atoms with Crippen LogP contribution in [0, 0.1) is 0 Å². The van der Waals surface area contributed by atoms with E-state index >= 15 is 0 Å². The van der Waals surface area contributed by atoms with E-state index in [0.717, 1.165) is 0 Å². The van der Waals surface area contributed by atoms with Crippen LogP contribution in [0.25, 0.3) is 11.1 Å². The standard InChI is InChI=1S/C17H12N2O3/c18-14-13(15(20)16(14)21)11-8-4-5-9-12(11)19-17(22)10-6-2-1-3-7-10/h1-9H,18H2,(H,19,22). The van der Waals surface area contributed by atoms with Crippen LogP contribution in [-0.2, 0) is 0 Å². The first kappa shape index (κ1) is 13.8. The molecule has 0 atom stereocenters. The summed E-state index contributed by atoms with van der Waals surface area (Å²) in [5, 5.41) is 2.74. The van der Waals surface area contributed by atoms with Gasteiger partial charge in [0.2, 0.25) is 10.9 Å². The predicted octanol–water partition coefficient (Wildman–Crippen LogP) is 1.78. The Morgan fingerprint density at radius 3 is 2.18 bits per heavy atom. The Kier molecular flexibility index (Phi) is 3.31. The molecule has 0 heterocycles. The number of nitrogen functional groups attached to an aromatic ring is 1. The number of amides is 1. The van der Waals surface area contributed by atoms with E-state index in [1.807, 2.05) is 6.07 Å². The van der Waals surface area contributed by atoms with Crippen LogP contribution in [0.4, 0.5) is 11.4 Å². The lowest BCUT2D eigenvalue weighted by Gasteiger charge is -2.13. The molecule has 5 heteroatoms. The zero-order chi connectivity index (χ0) is 15.7. The van der Waals surface area contributed by atoms with Gasteiger partial charge in [0.05, 0.1) is 11.3 Å². The van der Waals surface area contributed by atoms with Crippen LogP contribution in [0.15, 0.2) is 64.2 Å². The van der Waals surface area contributed by atoms with Crippen LogP contribution in [0.3, 0.4) is 0 Å². The molecule has 0 saturated heterocycles. The van der Waals surface area contributed by atoms with Gasteiger partial charge in [-0.25, -0.2) is 0 Å². The summed E-state index contributed by atoms with van der Waals surface area (Å²) in [4.78, 5) is 35.2. The number of nitrogens with two attached hydrogens (primary N) is 1. The molecule has 5 nitrogen and oxygen atoms in total. The summed E-state index contributed by atoms with van der Waals surface area (Å²) in [6.07, 6.45) is 0. The van der Waals surface area contributed by atoms with E-state index in [4.69, 9.17) is 5.73 Å². The number of anilines is 2. The van der Waals surface area contributed by atoms with Crippen molar-refractivity contribution in [2.75, 3.05) is 11.1 Å². The molecule has 3 rings (SSSR count). The molecule has 3 aromatic carbocycles. The molecule has 0 fully saturated rings. The van der Waals surface area contributed by atoms with Gasteiger partial charge in [-0.15, -0.1) is 0 Å². The third-order valence-corrected chi connectivity index (χ3v) is 3.43. The van der Waals surface area contributed by atoms with E-state index < -0.39 is 10.9 Å². The second-order valence-corrected chi connectivity index (χ2v) is 4.81. The van der Waals surface area contributed by atoms with Crippen LogP contribution in [0.5, 0.6) is 0 Å². The van der Waals surface area contributed by atoms with Crippen molar-refractivity contribution in [1.82, 2.24) is 0 Å². The molecule has 0 aliphatic rings. The normalized spacial score (nSPS) is 10.5. The average Bonchev–Trinajstić information content (AvgIpc) is 2.57. The molecule has 0 bridgehead atoms. The molecule has 0 aliphatic heterocycles. The first-order valence-electron chi connectivity index (χ1n) is 6.64. The summed E-state index contributed by atoms with van der Waals surface area (Å²) in [5.74, 6) is -0.301. The van der Waals surface area contributed by atoms with E-state index in [1.54, 1.807) is 48.5 Å². The van der Waals surface area contributed by atoms with Crippen molar-refractivity contribution >= 4 is 17.3 Å². The number of para-hydroxylation sites is 1. The van der Waals surface area contributed by atoms with Gasteiger partial charge < -0.3 is 11.1 Å². The van der Waals surface area contributed by atoms with Gasteiger partial charge in [0.15, 0.2) is 0 Å². The van der Waals surface area contributed by atoms with Crippen molar-refractivity contribution in [1.29, 1.82) is 0 Å². The molecule has 0 aromatic heterocycles. The summed E-state index contributed by atoms with van der Waals surface area (Å²) in [6, 6.07) is 15.4. The molecule has 3 N–H and O–H groups in total. The predicted molar refractivity (Wildman–Crippen MR) is 85.6 cm³/mol. The van der Waals surface area contributed by atoms with E-state index in [1.165, 1.54) is 0 Å². The second-order valence-electron chi connectivity index (χ2n) is 4.81. The fraction of sp³-hybridized carbons (Fsp3) is 0. The van der Waals surface area contributed by atoms with Crippen molar-refractivity contribution in [2.45, 2.75) is 0 Å². The first-order chi connectivity index (χ1) is 10.6. The Hall–Kier alpha value is -3.21. The Morgan fingerprint density at radius 1 is 0.864 bits per heavy atom. The number of nitrogens with one attached hydrogen (secondary N) is 1. The molecule has 0 spiro atoms. The minimum absolute atomic E-state index is 0.0635. The van der Waals surface area contributed by atoms with Crippen LogP contribution >= 0.6 is 0 Å². The van der Waals surface area contributed by atoms with Gasteiger partial charge in [-0.3, -0.25) is 14.4 Å². The fourth-order valence-corrected chi connectivity index (χ4v) is 2.27. The van der Waals surface area contributed by atoms with Gasteiger partial charge in [-0.1, -0.05) is 36.4 Å². The van der Waals surface area contributed by atoms with Gasteiger partial charge >= 0.3 is 0 Å². The Labute approximate surface area is 125 Å². The van der Waals surface area contributed by atoms with Crippen molar-refractivity contribution in [3.63, 3.8) is 0 Å². The third-order valence-electron chi connectivity index (χ3n) is 3.43. The third kappa shape index (κ3) is 2.18. The number of carbonyl (C=O) groups excluding carboxylic acids is 1. The van der Waals surface area contributed by atoms with E-state index in [9.17, 15) is 14.4 Å². The second kappa shape index (κ2) is 5.29. The highest BCUT2D eigenvalue weighted by atomic mass is 16.2. The molecule has 0 saturated carbocycles. The Balaban J connectivity index is 1.98. The molecule has 0 aliphatic carbocycles. The van der Waals surface area contributed by atoms with Gasteiger partial charge in [-0.2, -0.15) is 0 Å². The van der Waals surface area contributed by atoms with E-state index in [2.05, 4.69) is 5.32 Å². The molecule has 108 valence electrons. The highest BCUT2D eigenvalue weighted by Gasteiger charge is 2.22. The number of hydrogen-bond acceptors (Lipinski definition) is 4. The number of benzene rings is 2. The quantitative estimate of drug-likeness (QED) is 0.720. The maximum absolute atomic E-state index is 12.2. The molecule has 0 unspecified atom stereocenters. The Morgan fingerprint density at radius 2 is 1.50 bits per heavy atom. The van der Waals surface area contributed by atoms with Crippen molar-refractivity contribution in [3.8, 4) is 11.1 Å². The monoisotopic (exact) mass is 292 g/mol. The topological polar surface area (TPSA) is 89.3 Å². The molecule has 0 radical (unpaired) electrons. The Bertz CT molecular complexity index is 923. The van der Waals surface area contributed by atoms with Crippen molar-refractivity contribution in [2.24, 2.45) is 0 Å². The lowest BCUT2D eigenvalue weighted by Crippen LogP contribution is -2.36. The van der Waals surface area contributed by atoms with Gasteiger partial charge in [0.25, 0.3) is 5.91 Å². The maximum atomic E-state index is 12.2. The molecular weight excluding hydrogens is 280 g/mol. The van der Waals surface area contributed by atoms with Crippen LogP contribution in [0.1, 0.15) is 10.4 Å². The van der Waals surface area contributed by atoms with Crippen molar-refractivity contribution < 1.29 is 4.79 Å². The van der Waals surface area contributed by atoms with E-state index in [-0.39, 0.29) is 17.2 Å². The first-order valence-corrected chi connectivity index (χ1v) is 6.64. The SMILES string of the molecule is Nc1c(-c2ccccc2NC(=O)c2ccccc2)c(=O)c1=O.